The lowest BCUT2D eigenvalue weighted by atomic mass is 10.1. The van der Waals surface area contributed by atoms with Crippen molar-refractivity contribution in [1.82, 2.24) is 4.98 Å². The Hall–Kier alpha value is -3.08. The Labute approximate surface area is 178 Å². The molecule has 0 N–H and O–H groups in total. The summed E-state index contributed by atoms with van der Waals surface area (Å²) in [5, 5.41) is 0. The Kier molecular flexibility index (Phi) is 7.66. The zero-order valence-corrected chi connectivity index (χ0v) is 17.9. The largest absolute Gasteiger partial charge is 0.493 e. The van der Waals surface area contributed by atoms with Gasteiger partial charge in [0.05, 0.1) is 25.8 Å². The molecular weight excluding hydrogens is 378 g/mol. The monoisotopic (exact) mass is 407 g/mol. The second-order valence-corrected chi connectivity index (χ2v) is 7.32. The van der Waals surface area contributed by atoms with Crippen LogP contribution in [0.25, 0.3) is 11.5 Å². The average molecular weight is 408 g/mol. The molecule has 30 heavy (non-hydrogen) atoms. The van der Waals surface area contributed by atoms with Gasteiger partial charge in [0.1, 0.15) is 11.5 Å². The predicted molar refractivity (Wildman–Crippen MR) is 117 cm³/mol. The zero-order chi connectivity index (χ0) is 21.3. The van der Waals surface area contributed by atoms with E-state index in [1.165, 1.54) is 25.5 Å². The van der Waals surface area contributed by atoms with Gasteiger partial charge in [-0.05, 0) is 55.2 Å². The molecule has 5 heteroatoms. The molecule has 5 nitrogen and oxygen atoms in total. The van der Waals surface area contributed by atoms with Crippen molar-refractivity contribution in [1.29, 1.82) is 0 Å². The van der Waals surface area contributed by atoms with E-state index in [4.69, 9.17) is 13.9 Å². The van der Waals surface area contributed by atoms with Crippen LogP contribution in [0.4, 0.5) is 0 Å². The fraction of sp³-hybridized carbons (Fsp3) is 0.360. The van der Waals surface area contributed by atoms with Crippen LogP contribution in [0.1, 0.15) is 42.3 Å². The van der Waals surface area contributed by atoms with Gasteiger partial charge in [-0.15, -0.1) is 0 Å². The Morgan fingerprint density at radius 3 is 2.60 bits per heavy atom. The molecular formula is C25H29NO4. The van der Waals surface area contributed by atoms with Crippen molar-refractivity contribution in [2.45, 2.75) is 46.0 Å². The molecule has 0 fully saturated rings. The third-order valence-corrected chi connectivity index (χ3v) is 4.99. The summed E-state index contributed by atoms with van der Waals surface area (Å²) < 4.78 is 16.4. The van der Waals surface area contributed by atoms with Gasteiger partial charge in [0, 0.05) is 12.0 Å². The summed E-state index contributed by atoms with van der Waals surface area (Å²) in [6.07, 6.45) is 4.38. The third kappa shape index (κ3) is 5.96. The van der Waals surface area contributed by atoms with Gasteiger partial charge in [0.15, 0.2) is 0 Å². The van der Waals surface area contributed by atoms with Crippen LogP contribution in [-0.4, -0.2) is 24.7 Å². The maximum atomic E-state index is 11.4. The summed E-state index contributed by atoms with van der Waals surface area (Å²) in [5.41, 5.74) is 4.08. The number of hydrogen-bond acceptors (Lipinski definition) is 5. The summed E-state index contributed by atoms with van der Waals surface area (Å²) in [6.45, 7) is 4.61. The average Bonchev–Trinajstić information content (AvgIpc) is 3.13. The van der Waals surface area contributed by atoms with Crippen molar-refractivity contribution in [2.24, 2.45) is 0 Å². The highest BCUT2D eigenvalue weighted by Crippen LogP contribution is 2.23. The van der Waals surface area contributed by atoms with Crippen molar-refractivity contribution < 1.29 is 18.7 Å². The highest BCUT2D eigenvalue weighted by Gasteiger charge is 2.12. The fourth-order valence-corrected chi connectivity index (χ4v) is 3.23. The van der Waals surface area contributed by atoms with Crippen LogP contribution in [0.2, 0.25) is 0 Å². The molecule has 158 valence electrons. The number of hydrogen-bond donors (Lipinski definition) is 0. The SMILES string of the molecule is CCCCc1ccc(-c2nc(CCOc3cccc(CC(=O)OC)c3)c(C)o2)cc1. The third-order valence-electron chi connectivity index (χ3n) is 4.99. The van der Waals surface area contributed by atoms with E-state index in [0.29, 0.717) is 18.9 Å². The molecule has 3 aromatic rings. The van der Waals surface area contributed by atoms with E-state index in [1.807, 2.05) is 31.2 Å². The maximum absolute atomic E-state index is 11.4. The van der Waals surface area contributed by atoms with Gasteiger partial charge < -0.3 is 13.9 Å². The van der Waals surface area contributed by atoms with Gasteiger partial charge in [0.25, 0.3) is 0 Å². The number of benzene rings is 2. The molecule has 0 saturated heterocycles. The van der Waals surface area contributed by atoms with Gasteiger partial charge in [-0.2, -0.15) is 0 Å². The number of nitrogens with zero attached hydrogens (tertiary/aromatic N) is 1. The first-order valence-electron chi connectivity index (χ1n) is 10.4. The molecule has 3 rings (SSSR count). The molecule has 0 saturated carbocycles. The molecule has 1 heterocycles. The number of oxazole rings is 1. The van der Waals surface area contributed by atoms with Crippen LogP contribution < -0.4 is 4.74 Å². The first-order chi connectivity index (χ1) is 14.6. The number of esters is 1. The quantitative estimate of drug-likeness (QED) is 0.425. The number of rotatable bonds is 10. The van der Waals surface area contributed by atoms with Gasteiger partial charge in [0.2, 0.25) is 5.89 Å². The van der Waals surface area contributed by atoms with E-state index in [2.05, 4.69) is 36.2 Å². The zero-order valence-electron chi connectivity index (χ0n) is 17.9. The molecule has 0 aliphatic rings. The molecule has 0 aliphatic heterocycles. The van der Waals surface area contributed by atoms with E-state index in [9.17, 15) is 4.79 Å². The minimum absolute atomic E-state index is 0.233. The van der Waals surface area contributed by atoms with Crippen LogP contribution in [-0.2, 0) is 28.8 Å². The summed E-state index contributed by atoms with van der Waals surface area (Å²) in [5.74, 6) is 1.91. The van der Waals surface area contributed by atoms with Gasteiger partial charge in [-0.25, -0.2) is 4.98 Å². The molecule has 0 unspecified atom stereocenters. The normalized spacial score (nSPS) is 10.8. The highest BCUT2D eigenvalue weighted by atomic mass is 16.5. The number of carbonyl (C=O) groups excluding carboxylic acids is 1. The first kappa shape index (κ1) is 21.6. The number of aryl methyl sites for hydroxylation is 2. The minimum atomic E-state index is -0.267. The van der Waals surface area contributed by atoms with Crippen molar-refractivity contribution in [3.63, 3.8) is 0 Å². The Morgan fingerprint density at radius 2 is 1.87 bits per heavy atom. The van der Waals surface area contributed by atoms with Gasteiger partial charge >= 0.3 is 5.97 Å². The number of carbonyl (C=O) groups is 1. The van der Waals surface area contributed by atoms with E-state index < -0.39 is 0 Å². The lowest BCUT2D eigenvalue weighted by Gasteiger charge is -2.07. The molecule has 0 aliphatic carbocycles. The van der Waals surface area contributed by atoms with E-state index in [0.717, 1.165) is 34.8 Å². The van der Waals surface area contributed by atoms with Crippen molar-refractivity contribution >= 4 is 5.97 Å². The van der Waals surface area contributed by atoms with Crippen molar-refractivity contribution in [2.75, 3.05) is 13.7 Å². The molecule has 2 aromatic carbocycles. The highest BCUT2D eigenvalue weighted by molar-refractivity contribution is 5.72. The number of unbranched alkanes of at least 4 members (excludes halogenated alkanes) is 1. The standard InChI is InChI=1S/C25H29NO4/c1-4-5-7-19-10-12-21(13-11-19)25-26-23(18(2)30-25)14-15-29-22-9-6-8-20(16-22)17-24(27)28-3/h6,8-13,16H,4-5,7,14-15,17H2,1-3H3. The lowest BCUT2D eigenvalue weighted by Crippen LogP contribution is -2.06. The van der Waals surface area contributed by atoms with Crippen LogP contribution in [0, 0.1) is 6.92 Å². The molecule has 0 spiro atoms. The van der Waals surface area contributed by atoms with Crippen molar-refractivity contribution in [3.8, 4) is 17.2 Å². The van der Waals surface area contributed by atoms with Crippen molar-refractivity contribution in [3.05, 3.63) is 71.1 Å². The summed E-state index contributed by atoms with van der Waals surface area (Å²) in [6, 6.07) is 15.9. The lowest BCUT2D eigenvalue weighted by molar-refractivity contribution is -0.139. The van der Waals surface area contributed by atoms with E-state index in [1.54, 1.807) is 0 Å². The van der Waals surface area contributed by atoms with Crippen LogP contribution >= 0.6 is 0 Å². The molecule has 0 atom stereocenters. The Balaban J connectivity index is 1.57. The second kappa shape index (κ2) is 10.6. The molecule has 0 bridgehead atoms. The summed E-state index contributed by atoms with van der Waals surface area (Å²) in [7, 11) is 1.39. The first-order valence-corrected chi connectivity index (χ1v) is 10.4. The summed E-state index contributed by atoms with van der Waals surface area (Å²) >= 11 is 0. The Bertz CT molecular complexity index is 960. The number of methoxy groups -OCH3 is 1. The summed E-state index contributed by atoms with van der Waals surface area (Å²) in [4.78, 5) is 16.1. The molecule has 1 aromatic heterocycles. The maximum Gasteiger partial charge on any atom is 0.309 e. The van der Waals surface area contributed by atoms with Gasteiger partial charge in [-0.3, -0.25) is 4.79 Å². The smallest absolute Gasteiger partial charge is 0.309 e. The second-order valence-electron chi connectivity index (χ2n) is 7.32. The van der Waals surface area contributed by atoms with E-state index >= 15 is 0 Å². The number of aromatic nitrogens is 1. The number of ether oxygens (including phenoxy) is 2. The fourth-order valence-electron chi connectivity index (χ4n) is 3.23. The topological polar surface area (TPSA) is 61.6 Å². The van der Waals surface area contributed by atoms with Gasteiger partial charge in [-0.1, -0.05) is 37.6 Å². The predicted octanol–water partition coefficient (Wildman–Crippen LogP) is 5.33. The molecule has 0 amide bonds. The minimum Gasteiger partial charge on any atom is -0.493 e. The Morgan fingerprint density at radius 1 is 1.07 bits per heavy atom. The van der Waals surface area contributed by atoms with Crippen LogP contribution in [0.3, 0.4) is 0 Å². The van der Waals surface area contributed by atoms with Crippen LogP contribution in [0.15, 0.2) is 52.9 Å². The molecule has 0 radical (unpaired) electrons. The van der Waals surface area contributed by atoms with Crippen LogP contribution in [0.5, 0.6) is 5.75 Å². The van der Waals surface area contributed by atoms with E-state index in [-0.39, 0.29) is 12.4 Å².